The van der Waals surface area contributed by atoms with E-state index in [1.165, 1.54) is 5.56 Å². The van der Waals surface area contributed by atoms with Gasteiger partial charge >= 0.3 is 0 Å². The first-order valence-corrected chi connectivity index (χ1v) is 6.59. The Bertz CT molecular complexity index is 584. The van der Waals surface area contributed by atoms with Crippen LogP contribution in [0, 0.1) is 11.3 Å². The summed E-state index contributed by atoms with van der Waals surface area (Å²) >= 11 is 1.57. The Balaban J connectivity index is 2.35. The molecule has 0 fully saturated rings. The van der Waals surface area contributed by atoms with E-state index in [4.69, 9.17) is 10.00 Å². The number of nitriles is 1. The highest BCUT2D eigenvalue weighted by Gasteiger charge is 2.08. The highest BCUT2D eigenvalue weighted by molar-refractivity contribution is 7.15. The Labute approximate surface area is 111 Å². The fourth-order valence-corrected chi connectivity index (χ4v) is 2.63. The maximum atomic E-state index is 8.66. The molecule has 4 heteroatoms. The lowest BCUT2D eigenvalue weighted by Crippen LogP contribution is -1.90. The lowest BCUT2D eigenvalue weighted by atomic mass is 10.1. The standard InChI is InChI=1S/C14H14N2OS/c1-3-10-8-11(4-5-13(10)17-2)14-16-9-12(18-14)6-7-15/h4-5,8-9H,3,6H2,1-2H3. The molecule has 2 rings (SSSR count). The molecule has 0 spiro atoms. The SMILES string of the molecule is CCc1cc(-c2ncc(CC#N)s2)ccc1OC. The molecule has 0 radical (unpaired) electrons. The molecule has 0 saturated heterocycles. The summed E-state index contributed by atoms with van der Waals surface area (Å²) in [5.74, 6) is 0.912. The van der Waals surface area contributed by atoms with Gasteiger partial charge in [-0.05, 0) is 30.2 Å². The van der Waals surface area contributed by atoms with Gasteiger partial charge in [-0.15, -0.1) is 11.3 Å². The van der Waals surface area contributed by atoms with Crippen molar-refractivity contribution in [2.75, 3.05) is 7.11 Å². The summed E-state index contributed by atoms with van der Waals surface area (Å²) in [4.78, 5) is 5.36. The van der Waals surface area contributed by atoms with Gasteiger partial charge in [-0.25, -0.2) is 4.98 Å². The summed E-state index contributed by atoms with van der Waals surface area (Å²) in [5, 5.41) is 9.62. The monoisotopic (exact) mass is 258 g/mol. The summed E-state index contributed by atoms with van der Waals surface area (Å²) in [6, 6.07) is 8.22. The molecule has 92 valence electrons. The van der Waals surface area contributed by atoms with Crippen LogP contribution >= 0.6 is 11.3 Å². The molecule has 0 atom stereocenters. The molecule has 0 aliphatic carbocycles. The molecule has 3 nitrogen and oxygen atoms in total. The van der Waals surface area contributed by atoms with Crippen molar-refractivity contribution >= 4 is 11.3 Å². The van der Waals surface area contributed by atoms with Crippen LogP contribution in [0.3, 0.4) is 0 Å². The summed E-state index contributed by atoms with van der Waals surface area (Å²) in [6.07, 6.45) is 3.13. The van der Waals surface area contributed by atoms with Crippen LogP contribution in [0.5, 0.6) is 5.75 Å². The second kappa shape index (κ2) is 5.65. The van der Waals surface area contributed by atoms with Crippen molar-refractivity contribution in [1.29, 1.82) is 5.26 Å². The first-order valence-electron chi connectivity index (χ1n) is 5.77. The van der Waals surface area contributed by atoms with Gasteiger partial charge in [0.1, 0.15) is 10.8 Å². The van der Waals surface area contributed by atoms with Crippen LogP contribution in [-0.4, -0.2) is 12.1 Å². The predicted octanol–water partition coefficient (Wildman–Crippen LogP) is 3.45. The van der Waals surface area contributed by atoms with Crippen molar-refractivity contribution in [3.05, 3.63) is 34.8 Å². The Morgan fingerprint density at radius 2 is 2.28 bits per heavy atom. The zero-order valence-electron chi connectivity index (χ0n) is 10.4. The molecule has 2 aromatic rings. The fraction of sp³-hybridized carbons (Fsp3) is 0.286. The maximum Gasteiger partial charge on any atom is 0.123 e. The van der Waals surface area contributed by atoms with Crippen LogP contribution in [0.4, 0.5) is 0 Å². The predicted molar refractivity (Wildman–Crippen MR) is 72.8 cm³/mol. The summed E-state index contributed by atoms with van der Waals surface area (Å²) in [5.41, 5.74) is 2.26. The number of aromatic nitrogens is 1. The molecular weight excluding hydrogens is 244 g/mol. The zero-order valence-corrected chi connectivity index (χ0v) is 11.3. The van der Waals surface area contributed by atoms with Crippen LogP contribution in [-0.2, 0) is 12.8 Å². The molecular formula is C14H14N2OS. The Kier molecular flexibility index (Phi) is 3.96. The Morgan fingerprint density at radius 3 is 2.94 bits per heavy atom. The largest absolute Gasteiger partial charge is 0.496 e. The summed E-state index contributed by atoms with van der Waals surface area (Å²) < 4.78 is 5.31. The minimum atomic E-state index is 0.425. The van der Waals surface area contributed by atoms with Gasteiger partial charge in [0, 0.05) is 16.6 Å². The molecule has 0 saturated carbocycles. The van der Waals surface area contributed by atoms with Gasteiger partial charge in [-0.1, -0.05) is 6.92 Å². The van der Waals surface area contributed by atoms with Gasteiger partial charge in [-0.3, -0.25) is 0 Å². The van der Waals surface area contributed by atoms with Crippen molar-refractivity contribution in [3.63, 3.8) is 0 Å². The number of benzene rings is 1. The van der Waals surface area contributed by atoms with Gasteiger partial charge < -0.3 is 4.74 Å². The lowest BCUT2D eigenvalue weighted by molar-refractivity contribution is 0.410. The number of rotatable bonds is 4. The normalized spacial score (nSPS) is 10.1. The van der Waals surface area contributed by atoms with E-state index < -0.39 is 0 Å². The van der Waals surface area contributed by atoms with E-state index in [0.717, 1.165) is 27.6 Å². The van der Waals surface area contributed by atoms with Gasteiger partial charge in [0.05, 0.1) is 19.6 Å². The molecule has 0 bridgehead atoms. The summed E-state index contributed by atoms with van der Waals surface area (Å²) in [6.45, 7) is 2.10. The quantitative estimate of drug-likeness (QED) is 0.843. The molecule has 1 heterocycles. The Morgan fingerprint density at radius 1 is 1.44 bits per heavy atom. The molecule has 0 aliphatic rings. The molecule has 0 aliphatic heterocycles. The van der Waals surface area contributed by atoms with Crippen LogP contribution in [0.25, 0.3) is 10.6 Å². The molecule has 1 aromatic heterocycles. The minimum Gasteiger partial charge on any atom is -0.496 e. The van der Waals surface area contributed by atoms with Crippen LogP contribution in [0.15, 0.2) is 24.4 Å². The molecule has 18 heavy (non-hydrogen) atoms. The van der Waals surface area contributed by atoms with Crippen molar-refractivity contribution in [2.45, 2.75) is 19.8 Å². The van der Waals surface area contributed by atoms with Crippen LogP contribution in [0.2, 0.25) is 0 Å². The molecule has 0 amide bonds. The maximum absolute atomic E-state index is 8.66. The molecule has 1 aromatic carbocycles. The number of methoxy groups -OCH3 is 1. The van der Waals surface area contributed by atoms with E-state index in [2.05, 4.69) is 24.0 Å². The van der Waals surface area contributed by atoms with E-state index >= 15 is 0 Å². The van der Waals surface area contributed by atoms with Crippen molar-refractivity contribution in [3.8, 4) is 22.4 Å². The highest BCUT2D eigenvalue weighted by Crippen LogP contribution is 2.29. The average Bonchev–Trinajstić information content (AvgIpc) is 2.87. The second-order valence-electron chi connectivity index (χ2n) is 3.85. The van der Waals surface area contributed by atoms with E-state index in [1.807, 2.05) is 12.1 Å². The van der Waals surface area contributed by atoms with Crippen LogP contribution < -0.4 is 4.74 Å². The fourth-order valence-electron chi connectivity index (χ4n) is 1.79. The van der Waals surface area contributed by atoms with Crippen LogP contribution in [0.1, 0.15) is 17.4 Å². The number of hydrogen-bond donors (Lipinski definition) is 0. The third-order valence-corrected chi connectivity index (χ3v) is 3.76. The Hall–Kier alpha value is -1.86. The average molecular weight is 258 g/mol. The van der Waals surface area contributed by atoms with E-state index in [1.54, 1.807) is 24.6 Å². The van der Waals surface area contributed by atoms with Crippen molar-refractivity contribution < 1.29 is 4.74 Å². The lowest BCUT2D eigenvalue weighted by Gasteiger charge is -2.07. The smallest absolute Gasteiger partial charge is 0.123 e. The second-order valence-corrected chi connectivity index (χ2v) is 4.96. The number of nitrogens with zero attached hydrogens (tertiary/aromatic N) is 2. The number of hydrogen-bond acceptors (Lipinski definition) is 4. The van der Waals surface area contributed by atoms with Gasteiger partial charge in [0.2, 0.25) is 0 Å². The number of thiazole rings is 1. The van der Waals surface area contributed by atoms with E-state index in [9.17, 15) is 0 Å². The number of aryl methyl sites for hydroxylation is 1. The zero-order chi connectivity index (χ0) is 13.0. The van der Waals surface area contributed by atoms with Gasteiger partial charge in [0.15, 0.2) is 0 Å². The third-order valence-electron chi connectivity index (χ3n) is 2.72. The molecule has 0 N–H and O–H groups in total. The first kappa shape index (κ1) is 12.6. The van der Waals surface area contributed by atoms with E-state index in [0.29, 0.717) is 6.42 Å². The first-order chi connectivity index (χ1) is 8.78. The third kappa shape index (κ3) is 2.52. The van der Waals surface area contributed by atoms with E-state index in [-0.39, 0.29) is 0 Å². The minimum absolute atomic E-state index is 0.425. The van der Waals surface area contributed by atoms with Gasteiger partial charge in [-0.2, -0.15) is 5.26 Å². The van der Waals surface area contributed by atoms with Gasteiger partial charge in [0.25, 0.3) is 0 Å². The van der Waals surface area contributed by atoms with Crippen molar-refractivity contribution in [1.82, 2.24) is 4.98 Å². The highest BCUT2D eigenvalue weighted by atomic mass is 32.1. The number of ether oxygens (including phenoxy) is 1. The molecule has 0 unspecified atom stereocenters. The topological polar surface area (TPSA) is 45.9 Å². The van der Waals surface area contributed by atoms with Crippen molar-refractivity contribution in [2.24, 2.45) is 0 Å². The summed E-state index contributed by atoms with van der Waals surface area (Å²) in [7, 11) is 1.68.